The number of amides is 1. The fourth-order valence-electron chi connectivity index (χ4n) is 2.04. The highest BCUT2D eigenvalue weighted by Crippen LogP contribution is 2.12. The van der Waals surface area contributed by atoms with Gasteiger partial charge in [-0.2, -0.15) is 0 Å². The minimum atomic E-state index is -0.109. The van der Waals surface area contributed by atoms with Gasteiger partial charge in [0, 0.05) is 12.7 Å². The van der Waals surface area contributed by atoms with Crippen LogP contribution in [0.15, 0.2) is 18.5 Å². The van der Waals surface area contributed by atoms with E-state index in [9.17, 15) is 4.79 Å². The van der Waals surface area contributed by atoms with Gasteiger partial charge in [0.2, 0.25) is 0 Å². The Morgan fingerprint density at radius 1 is 1.30 bits per heavy atom. The van der Waals surface area contributed by atoms with E-state index < -0.39 is 0 Å². The molecule has 0 spiro atoms. The topological polar surface area (TPSA) is 80.0 Å². The number of nitrogens with zero attached hydrogens (tertiary/aromatic N) is 1. The molecule has 0 aliphatic rings. The first-order chi connectivity index (χ1) is 9.65. The average molecular weight is 278 g/mol. The molecular formula is C15H26N4O. The molecule has 5 heteroatoms. The number of hydrogen-bond donors (Lipinski definition) is 3. The smallest absolute Gasteiger partial charge is 0.253 e. The Bertz CT molecular complexity index is 407. The quantitative estimate of drug-likeness (QED) is 0.368. The van der Waals surface area contributed by atoms with Gasteiger partial charge in [-0.25, -0.2) is 0 Å². The summed E-state index contributed by atoms with van der Waals surface area (Å²) >= 11 is 0. The molecule has 0 radical (unpaired) electrons. The van der Waals surface area contributed by atoms with Crippen LogP contribution in [0.1, 0.15) is 56.3 Å². The molecule has 0 bridgehead atoms. The number of pyridine rings is 1. The Balaban J connectivity index is 2.20. The van der Waals surface area contributed by atoms with Crippen molar-refractivity contribution < 1.29 is 4.79 Å². The fourth-order valence-corrected chi connectivity index (χ4v) is 2.04. The average Bonchev–Trinajstić information content (AvgIpc) is 2.45. The molecule has 0 aliphatic heterocycles. The first-order valence-corrected chi connectivity index (χ1v) is 7.34. The van der Waals surface area contributed by atoms with Crippen molar-refractivity contribution in [1.82, 2.24) is 10.3 Å². The molecule has 0 saturated carbocycles. The molecule has 20 heavy (non-hydrogen) atoms. The SMILES string of the molecule is CC(C)CCCCCCNC(=O)c1ccncc1NN. The van der Waals surface area contributed by atoms with Crippen LogP contribution in [0.5, 0.6) is 0 Å². The zero-order chi connectivity index (χ0) is 14.8. The molecule has 5 nitrogen and oxygen atoms in total. The van der Waals surface area contributed by atoms with Gasteiger partial charge in [0.15, 0.2) is 0 Å². The maximum absolute atomic E-state index is 12.0. The molecule has 0 saturated heterocycles. The van der Waals surface area contributed by atoms with Crippen LogP contribution in [-0.2, 0) is 0 Å². The van der Waals surface area contributed by atoms with Crippen LogP contribution >= 0.6 is 0 Å². The number of carbonyl (C=O) groups excluding carboxylic acids is 1. The number of nitrogens with two attached hydrogens (primary N) is 1. The summed E-state index contributed by atoms with van der Waals surface area (Å²) in [5.74, 6) is 6.02. The molecule has 0 aromatic carbocycles. The van der Waals surface area contributed by atoms with E-state index in [1.165, 1.54) is 19.3 Å². The summed E-state index contributed by atoms with van der Waals surface area (Å²) in [6, 6.07) is 1.66. The molecule has 1 rings (SSSR count). The van der Waals surface area contributed by atoms with Gasteiger partial charge in [0.25, 0.3) is 5.91 Å². The third-order valence-electron chi connectivity index (χ3n) is 3.22. The molecule has 1 amide bonds. The molecule has 0 atom stereocenters. The lowest BCUT2D eigenvalue weighted by molar-refractivity contribution is 0.0953. The predicted molar refractivity (Wildman–Crippen MR) is 82.3 cm³/mol. The highest BCUT2D eigenvalue weighted by atomic mass is 16.1. The normalized spacial score (nSPS) is 10.6. The van der Waals surface area contributed by atoms with E-state index in [0.717, 1.165) is 18.8 Å². The molecule has 0 unspecified atom stereocenters. The number of rotatable bonds is 9. The van der Waals surface area contributed by atoms with Crippen LogP contribution in [0.2, 0.25) is 0 Å². The summed E-state index contributed by atoms with van der Waals surface area (Å²) < 4.78 is 0. The van der Waals surface area contributed by atoms with Crippen LogP contribution in [0.4, 0.5) is 5.69 Å². The van der Waals surface area contributed by atoms with Crippen molar-refractivity contribution in [3.63, 3.8) is 0 Å². The summed E-state index contributed by atoms with van der Waals surface area (Å²) in [6.45, 7) is 5.20. The summed E-state index contributed by atoms with van der Waals surface area (Å²) in [5, 5.41) is 2.91. The van der Waals surface area contributed by atoms with E-state index >= 15 is 0 Å². The number of unbranched alkanes of at least 4 members (excludes halogenated alkanes) is 3. The Hall–Kier alpha value is -1.62. The van der Waals surface area contributed by atoms with E-state index in [-0.39, 0.29) is 5.91 Å². The lowest BCUT2D eigenvalue weighted by Crippen LogP contribution is -2.26. The summed E-state index contributed by atoms with van der Waals surface area (Å²) in [6.07, 6.45) is 9.10. The Labute approximate surface area is 121 Å². The first kappa shape index (κ1) is 16.4. The summed E-state index contributed by atoms with van der Waals surface area (Å²) in [5.41, 5.74) is 3.56. The summed E-state index contributed by atoms with van der Waals surface area (Å²) in [7, 11) is 0. The molecule has 0 fully saturated rings. The minimum Gasteiger partial charge on any atom is -0.352 e. The Kier molecular flexibility index (Phi) is 7.65. The number of nitrogen functional groups attached to an aromatic ring is 1. The molecule has 4 N–H and O–H groups in total. The molecule has 0 aliphatic carbocycles. The first-order valence-electron chi connectivity index (χ1n) is 7.34. The zero-order valence-corrected chi connectivity index (χ0v) is 12.5. The monoisotopic (exact) mass is 278 g/mol. The van der Waals surface area contributed by atoms with E-state index in [1.54, 1.807) is 18.5 Å². The molecule has 112 valence electrons. The number of aromatic nitrogens is 1. The van der Waals surface area contributed by atoms with Gasteiger partial charge in [-0.1, -0.05) is 39.5 Å². The van der Waals surface area contributed by atoms with Crippen molar-refractivity contribution in [1.29, 1.82) is 0 Å². The van der Waals surface area contributed by atoms with Gasteiger partial charge in [-0.05, 0) is 18.4 Å². The van der Waals surface area contributed by atoms with Crippen molar-refractivity contribution >= 4 is 11.6 Å². The second kappa shape index (κ2) is 9.31. The molecule has 1 aromatic heterocycles. The van der Waals surface area contributed by atoms with Crippen LogP contribution in [0, 0.1) is 5.92 Å². The zero-order valence-electron chi connectivity index (χ0n) is 12.5. The highest BCUT2D eigenvalue weighted by molar-refractivity contribution is 5.99. The van der Waals surface area contributed by atoms with Gasteiger partial charge in [-0.15, -0.1) is 0 Å². The second-order valence-corrected chi connectivity index (χ2v) is 5.42. The van der Waals surface area contributed by atoms with Crippen molar-refractivity contribution in [2.45, 2.75) is 46.0 Å². The van der Waals surface area contributed by atoms with Crippen molar-refractivity contribution in [2.24, 2.45) is 11.8 Å². The third-order valence-corrected chi connectivity index (χ3v) is 3.22. The largest absolute Gasteiger partial charge is 0.352 e. The number of hydrazine groups is 1. The number of anilines is 1. The van der Waals surface area contributed by atoms with Gasteiger partial charge in [-0.3, -0.25) is 15.6 Å². The Morgan fingerprint density at radius 3 is 2.75 bits per heavy atom. The van der Waals surface area contributed by atoms with Crippen molar-refractivity contribution in [3.8, 4) is 0 Å². The van der Waals surface area contributed by atoms with Crippen LogP contribution in [0.25, 0.3) is 0 Å². The van der Waals surface area contributed by atoms with Crippen LogP contribution in [-0.4, -0.2) is 17.4 Å². The number of hydrogen-bond acceptors (Lipinski definition) is 4. The van der Waals surface area contributed by atoms with Crippen molar-refractivity contribution in [2.75, 3.05) is 12.0 Å². The van der Waals surface area contributed by atoms with E-state index in [4.69, 9.17) is 5.84 Å². The highest BCUT2D eigenvalue weighted by Gasteiger charge is 2.09. The summed E-state index contributed by atoms with van der Waals surface area (Å²) in [4.78, 5) is 15.9. The van der Waals surface area contributed by atoms with Crippen molar-refractivity contribution in [3.05, 3.63) is 24.0 Å². The Morgan fingerprint density at radius 2 is 2.05 bits per heavy atom. The maximum atomic E-state index is 12.0. The maximum Gasteiger partial charge on any atom is 0.253 e. The predicted octanol–water partition coefficient (Wildman–Crippen LogP) is 2.70. The van der Waals surface area contributed by atoms with Gasteiger partial charge in [0.1, 0.15) is 0 Å². The number of carbonyl (C=O) groups is 1. The van der Waals surface area contributed by atoms with Gasteiger partial charge in [0.05, 0.1) is 17.4 Å². The fraction of sp³-hybridized carbons (Fsp3) is 0.600. The lowest BCUT2D eigenvalue weighted by Gasteiger charge is -2.09. The van der Waals surface area contributed by atoms with Crippen LogP contribution in [0.3, 0.4) is 0 Å². The van der Waals surface area contributed by atoms with E-state index in [0.29, 0.717) is 17.8 Å². The van der Waals surface area contributed by atoms with Crippen LogP contribution < -0.4 is 16.6 Å². The minimum absolute atomic E-state index is 0.109. The van der Waals surface area contributed by atoms with E-state index in [1.807, 2.05) is 0 Å². The second-order valence-electron chi connectivity index (χ2n) is 5.42. The van der Waals surface area contributed by atoms with E-state index in [2.05, 4.69) is 29.6 Å². The van der Waals surface area contributed by atoms with Gasteiger partial charge < -0.3 is 10.7 Å². The standard InChI is InChI=1S/C15H26N4O/c1-12(2)7-5-3-4-6-9-18-15(20)13-8-10-17-11-14(13)19-16/h8,10-12,19H,3-7,9,16H2,1-2H3,(H,18,20). The lowest BCUT2D eigenvalue weighted by atomic mass is 10.0. The third kappa shape index (κ3) is 6.02. The number of nitrogens with one attached hydrogen (secondary N) is 2. The molecule has 1 aromatic rings. The molecule has 1 heterocycles. The van der Waals surface area contributed by atoms with Gasteiger partial charge >= 0.3 is 0 Å². The molecular weight excluding hydrogens is 252 g/mol.